The topological polar surface area (TPSA) is 15.6 Å². The molecule has 0 spiro atoms. The number of hydrogen-bond donors (Lipinski definition) is 0. The van der Waals surface area contributed by atoms with Crippen molar-refractivity contribution >= 4 is 5.84 Å². The molecule has 1 fully saturated rings. The zero-order chi connectivity index (χ0) is 9.68. The summed E-state index contributed by atoms with van der Waals surface area (Å²) in [5.74, 6) is 1.26. The second-order valence-corrected chi connectivity index (χ2v) is 3.90. The molecule has 1 aliphatic carbocycles. The minimum atomic E-state index is 0.757. The zero-order valence-electron chi connectivity index (χ0n) is 9.21. The second kappa shape index (κ2) is 5.25. The molecular weight excluding hydrogens is 160 g/mol. The van der Waals surface area contributed by atoms with Gasteiger partial charge in [0.1, 0.15) is 0 Å². The first-order valence-electron chi connectivity index (χ1n) is 5.48. The number of nitrogens with zero attached hydrogens (tertiary/aromatic N) is 2. The minimum absolute atomic E-state index is 0.757. The van der Waals surface area contributed by atoms with Crippen LogP contribution < -0.4 is 0 Å². The van der Waals surface area contributed by atoms with E-state index in [2.05, 4.69) is 23.9 Å². The molecule has 0 atom stereocenters. The third kappa shape index (κ3) is 2.71. The molecule has 0 aliphatic heterocycles. The summed E-state index contributed by atoms with van der Waals surface area (Å²) in [6.45, 7) is 2.18. The molecule has 13 heavy (non-hydrogen) atoms. The molecule has 1 rings (SSSR count). The molecule has 0 aromatic carbocycles. The van der Waals surface area contributed by atoms with Crippen LogP contribution in [0.1, 0.15) is 45.4 Å². The van der Waals surface area contributed by atoms with E-state index in [1.54, 1.807) is 0 Å². The van der Waals surface area contributed by atoms with Crippen molar-refractivity contribution in [1.29, 1.82) is 0 Å². The van der Waals surface area contributed by atoms with Crippen LogP contribution in [0.4, 0.5) is 0 Å². The fraction of sp³-hybridized carbons (Fsp3) is 0.909. The first-order chi connectivity index (χ1) is 6.29. The van der Waals surface area contributed by atoms with Gasteiger partial charge in [-0.2, -0.15) is 0 Å². The molecule has 1 aliphatic rings. The van der Waals surface area contributed by atoms with Gasteiger partial charge in [0.05, 0.1) is 5.84 Å². The number of aliphatic imine (C=N–C) groups is 1. The van der Waals surface area contributed by atoms with E-state index < -0.39 is 0 Å². The molecule has 0 saturated heterocycles. The number of rotatable bonds is 2. The van der Waals surface area contributed by atoms with E-state index in [-0.39, 0.29) is 0 Å². The molecule has 0 N–H and O–H groups in total. The molecule has 2 nitrogen and oxygen atoms in total. The van der Waals surface area contributed by atoms with Gasteiger partial charge in [0.15, 0.2) is 0 Å². The summed E-state index contributed by atoms with van der Waals surface area (Å²) in [5.41, 5.74) is 0. The van der Waals surface area contributed by atoms with Crippen molar-refractivity contribution in [1.82, 2.24) is 4.90 Å². The van der Waals surface area contributed by atoms with Crippen molar-refractivity contribution in [3.63, 3.8) is 0 Å². The third-order valence-corrected chi connectivity index (χ3v) is 3.10. The lowest BCUT2D eigenvalue weighted by Crippen LogP contribution is -2.37. The molecule has 76 valence electrons. The summed E-state index contributed by atoms with van der Waals surface area (Å²) in [7, 11) is 4.10. The van der Waals surface area contributed by atoms with Crippen molar-refractivity contribution in [2.45, 2.75) is 51.5 Å². The minimum Gasteiger partial charge on any atom is -0.360 e. The average Bonchev–Trinajstić information content (AvgIpc) is 2.21. The van der Waals surface area contributed by atoms with Gasteiger partial charge in [-0.05, 0) is 12.8 Å². The zero-order valence-corrected chi connectivity index (χ0v) is 9.21. The van der Waals surface area contributed by atoms with Crippen LogP contribution in [0.3, 0.4) is 0 Å². The molecule has 0 heterocycles. The third-order valence-electron chi connectivity index (χ3n) is 3.10. The van der Waals surface area contributed by atoms with Gasteiger partial charge in [-0.15, -0.1) is 0 Å². The van der Waals surface area contributed by atoms with Gasteiger partial charge in [-0.3, -0.25) is 4.99 Å². The van der Waals surface area contributed by atoms with Crippen LogP contribution in [-0.4, -0.2) is 30.9 Å². The monoisotopic (exact) mass is 182 g/mol. The average molecular weight is 182 g/mol. The predicted molar refractivity (Wildman–Crippen MR) is 58.3 cm³/mol. The Bertz CT molecular complexity index is 169. The highest BCUT2D eigenvalue weighted by molar-refractivity contribution is 5.81. The lowest BCUT2D eigenvalue weighted by atomic mass is 9.94. The van der Waals surface area contributed by atoms with Crippen molar-refractivity contribution in [3.8, 4) is 0 Å². The predicted octanol–water partition coefficient (Wildman–Crippen LogP) is 2.69. The lowest BCUT2D eigenvalue weighted by molar-refractivity contribution is 0.275. The quantitative estimate of drug-likeness (QED) is 0.473. The fourth-order valence-corrected chi connectivity index (χ4v) is 2.24. The van der Waals surface area contributed by atoms with Gasteiger partial charge < -0.3 is 4.90 Å². The van der Waals surface area contributed by atoms with Crippen molar-refractivity contribution < 1.29 is 0 Å². The molecular formula is C11H22N2. The summed E-state index contributed by atoms with van der Waals surface area (Å²) in [5, 5.41) is 0. The number of hydrogen-bond acceptors (Lipinski definition) is 1. The molecule has 1 saturated carbocycles. The Balaban J connectivity index is 2.49. The van der Waals surface area contributed by atoms with Gasteiger partial charge in [0.25, 0.3) is 0 Å². The Morgan fingerprint density at radius 3 is 2.38 bits per heavy atom. The van der Waals surface area contributed by atoms with Crippen LogP contribution in [-0.2, 0) is 0 Å². The second-order valence-electron chi connectivity index (χ2n) is 3.90. The summed E-state index contributed by atoms with van der Waals surface area (Å²) < 4.78 is 0. The van der Waals surface area contributed by atoms with Crippen molar-refractivity contribution in [3.05, 3.63) is 0 Å². The van der Waals surface area contributed by atoms with E-state index in [0.29, 0.717) is 0 Å². The Morgan fingerprint density at radius 1 is 1.31 bits per heavy atom. The Kier molecular flexibility index (Phi) is 4.26. The van der Waals surface area contributed by atoms with E-state index in [9.17, 15) is 0 Å². The SMILES string of the molecule is CCC(=NC)N(C)C1CCCCC1. The Hall–Kier alpha value is -0.530. The van der Waals surface area contributed by atoms with Crippen molar-refractivity contribution in [2.24, 2.45) is 4.99 Å². The first-order valence-corrected chi connectivity index (χ1v) is 5.48. The van der Waals surface area contributed by atoms with E-state index in [1.165, 1.54) is 37.9 Å². The lowest BCUT2D eigenvalue weighted by Gasteiger charge is -2.33. The van der Waals surface area contributed by atoms with Crippen LogP contribution in [0.2, 0.25) is 0 Å². The highest BCUT2D eigenvalue weighted by atomic mass is 15.2. The number of amidine groups is 1. The molecule has 0 bridgehead atoms. The molecule has 0 radical (unpaired) electrons. The highest BCUT2D eigenvalue weighted by Gasteiger charge is 2.19. The van der Waals surface area contributed by atoms with Gasteiger partial charge in [-0.25, -0.2) is 0 Å². The molecule has 0 aromatic heterocycles. The van der Waals surface area contributed by atoms with E-state index in [0.717, 1.165) is 12.5 Å². The highest BCUT2D eigenvalue weighted by Crippen LogP contribution is 2.22. The Labute approximate surface area is 82.0 Å². The van der Waals surface area contributed by atoms with Gasteiger partial charge in [0.2, 0.25) is 0 Å². The normalized spacial score (nSPS) is 20.4. The van der Waals surface area contributed by atoms with E-state index >= 15 is 0 Å². The fourth-order valence-electron chi connectivity index (χ4n) is 2.24. The Morgan fingerprint density at radius 2 is 1.92 bits per heavy atom. The molecule has 2 heteroatoms. The van der Waals surface area contributed by atoms with Crippen molar-refractivity contribution in [2.75, 3.05) is 14.1 Å². The summed E-state index contributed by atoms with van der Waals surface area (Å²) >= 11 is 0. The van der Waals surface area contributed by atoms with Gasteiger partial charge >= 0.3 is 0 Å². The first kappa shape index (κ1) is 10.6. The largest absolute Gasteiger partial charge is 0.360 e. The molecule has 0 amide bonds. The van der Waals surface area contributed by atoms with Crippen LogP contribution in [0.5, 0.6) is 0 Å². The smallest absolute Gasteiger partial charge is 0.0982 e. The maximum Gasteiger partial charge on any atom is 0.0982 e. The molecule has 0 unspecified atom stereocenters. The van der Waals surface area contributed by atoms with Gasteiger partial charge in [0, 0.05) is 26.6 Å². The van der Waals surface area contributed by atoms with Gasteiger partial charge in [-0.1, -0.05) is 26.2 Å². The maximum atomic E-state index is 4.32. The summed E-state index contributed by atoms with van der Waals surface area (Å²) in [6.07, 6.45) is 8.00. The summed E-state index contributed by atoms with van der Waals surface area (Å²) in [6, 6.07) is 0.757. The van der Waals surface area contributed by atoms with Crippen LogP contribution in [0, 0.1) is 0 Å². The van der Waals surface area contributed by atoms with Crippen LogP contribution in [0.25, 0.3) is 0 Å². The van der Waals surface area contributed by atoms with E-state index in [4.69, 9.17) is 0 Å². The van der Waals surface area contributed by atoms with Crippen LogP contribution in [0.15, 0.2) is 4.99 Å². The maximum absolute atomic E-state index is 4.32. The molecule has 0 aromatic rings. The standard InChI is InChI=1S/C11H22N2/c1-4-11(12-2)13(3)10-8-6-5-7-9-10/h10H,4-9H2,1-3H3. The van der Waals surface area contributed by atoms with Crippen LogP contribution >= 0.6 is 0 Å². The summed E-state index contributed by atoms with van der Waals surface area (Å²) in [4.78, 5) is 6.71. The van der Waals surface area contributed by atoms with E-state index in [1.807, 2.05) is 7.05 Å².